The molecule has 0 spiro atoms. The van der Waals surface area contributed by atoms with Crippen LogP contribution in [0.4, 0.5) is 4.79 Å². The van der Waals surface area contributed by atoms with Gasteiger partial charge in [-0.2, -0.15) is 0 Å². The Morgan fingerprint density at radius 3 is 2.27 bits per heavy atom. The minimum atomic E-state index is -1.36. The molecule has 1 rings (SSSR count). The number of hydrogen-bond donors (Lipinski definition) is 2. The standard InChI is InChI=1S/C15H25NO6/c1-15(2,3)22-14(20)16-11(13(18)19)9-12(17)21-10-7-5-4-6-8-10/h10-11H,4-9H2,1-3H3,(H,16,20)(H,18,19)/t11-/m1/s1. The summed E-state index contributed by atoms with van der Waals surface area (Å²) in [5, 5.41) is 11.3. The van der Waals surface area contributed by atoms with Gasteiger partial charge in [0.25, 0.3) is 0 Å². The first-order chi connectivity index (χ1) is 10.2. The van der Waals surface area contributed by atoms with Crippen LogP contribution < -0.4 is 5.32 Å². The first kappa shape index (κ1) is 18.3. The Hall–Kier alpha value is -1.79. The molecule has 7 nitrogen and oxygen atoms in total. The number of amides is 1. The number of nitrogens with one attached hydrogen (secondary N) is 1. The Balaban J connectivity index is 2.47. The van der Waals surface area contributed by atoms with E-state index in [1.54, 1.807) is 20.8 Å². The summed E-state index contributed by atoms with van der Waals surface area (Å²) in [6, 6.07) is -1.36. The summed E-state index contributed by atoms with van der Waals surface area (Å²) in [6.45, 7) is 5.00. The maximum Gasteiger partial charge on any atom is 0.408 e. The Kier molecular flexibility index (Phi) is 6.64. The number of carboxylic acids is 1. The lowest BCUT2D eigenvalue weighted by Gasteiger charge is -2.24. The number of carboxylic acid groups (broad SMARTS) is 1. The number of carbonyl (C=O) groups excluding carboxylic acids is 2. The van der Waals surface area contributed by atoms with Crippen molar-refractivity contribution in [2.45, 2.75) is 77.0 Å². The van der Waals surface area contributed by atoms with Crippen molar-refractivity contribution in [3.8, 4) is 0 Å². The molecular formula is C15H25NO6. The van der Waals surface area contributed by atoms with Crippen LogP contribution in [0.5, 0.6) is 0 Å². The van der Waals surface area contributed by atoms with Crippen molar-refractivity contribution >= 4 is 18.0 Å². The van der Waals surface area contributed by atoms with Crippen LogP contribution in [0.15, 0.2) is 0 Å². The van der Waals surface area contributed by atoms with E-state index in [4.69, 9.17) is 14.6 Å². The molecule has 126 valence electrons. The Morgan fingerprint density at radius 2 is 1.77 bits per heavy atom. The molecule has 22 heavy (non-hydrogen) atoms. The number of alkyl carbamates (subject to hydrolysis) is 1. The van der Waals surface area contributed by atoms with Crippen LogP contribution in [0.1, 0.15) is 59.3 Å². The molecule has 0 aromatic heterocycles. The van der Waals surface area contributed by atoms with Crippen molar-refractivity contribution in [2.24, 2.45) is 0 Å². The van der Waals surface area contributed by atoms with Gasteiger partial charge in [-0.15, -0.1) is 0 Å². The summed E-state index contributed by atoms with van der Waals surface area (Å²) < 4.78 is 10.2. The van der Waals surface area contributed by atoms with Crippen molar-refractivity contribution in [1.82, 2.24) is 5.32 Å². The van der Waals surface area contributed by atoms with E-state index < -0.39 is 36.1 Å². The maximum atomic E-state index is 11.8. The molecule has 1 saturated carbocycles. The van der Waals surface area contributed by atoms with Crippen molar-refractivity contribution in [2.75, 3.05) is 0 Å². The van der Waals surface area contributed by atoms with Crippen LogP contribution in [0.3, 0.4) is 0 Å². The van der Waals surface area contributed by atoms with Gasteiger partial charge >= 0.3 is 18.0 Å². The second-order valence-corrected chi connectivity index (χ2v) is 6.49. The molecule has 7 heteroatoms. The van der Waals surface area contributed by atoms with E-state index in [9.17, 15) is 14.4 Å². The summed E-state index contributed by atoms with van der Waals surface area (Å²) in [5.74, 6) is -1.91. The Bertz CT molecular complexity index is 409. The SMILES string of the molecule is CC(C)(C)OC(=O)N[C@H](CC(=O)OC1CCCCC1)C(=O)O. The number of aliphatic carboxylic acids is 1. The van der Waals surface area contributed by atoms with Gasteiger partial charge in [0.1, 0.15) is 17.7 Å². The van der Waals surface area contributed by atoms with Gasteiger partial charge in [-0.25, -0.2) is 9.59 Å². The molecule has 1 aliphatic carbocycles. The molecule has 0 aliphatic heterocycles. The summed E-state index contributed by atoms with van der Waals surface area (Å²) >= 11 is 0. The average Bonchev–Trinajstić information content (AvgIpc) is 2.36. The summed E-state index contributed by atoms with van der Waals surface area (Å²) in [6.07, 6.45) is 3.35. The lowest BCUT2D eigenvalue weighted by molar-refractivity contribution is -0.154. The average molecular weight is 315 g/mol. The molecule has 0 unspecified atom stereocenters. The highest BCUT2D eigenvalue weighted by molar-refractivity contribution is 5.85. The molecule has 0 heterocycles. The normalized spacial score (nSPS) is 17.4. The van der Waals surface area contributed by atoms with Crippen LogP contribution in [0.25, 0.3) is 0 Å². The number of ether oxygens (including phenoxy) is 2. The molecule has 1 atom stereocenters. The Morgan fingerprint density at radius 1 is 1.18 bits per heavy atom. The first-order valence-electron chi connectivity index (χ1n) is 7.59. The van der Waals surface area contributed by atoms with Crippen molar-refractivity contribution in [1.29, 1.82) is 0 Å². The third-order valence-electron chi connectivity index (χ3n) is 3.21. The zero-order chi connectivity index (χ0) is 16.8. The number of rotatable bonds is 5. The largest absolute Gasteiger partial charge is 0.480 e. The van der Waals surface area contributed by atoms with Gasteiger partial charge in [0, 0.05) is 0 Å². The molecule has 0 aromatic carbocycles. The van der Waals surface area contributed by atoms with Crippen molar-refractivity contribution in [3.05, 3.63) is 0 Å². The molecule has 2 N–H and O–H groups in total. The van der Waals surface area contributed by atoms with Gasteiger partial charge in [0.15, 0.2) is 0 Å². The number of esters is 1. The molecule has 0 bridgehead atoms. The highest BCUT2D eigenvalue weighted by Gasteiger charge is 2.28. The number of carbonyl (C=O) groups is 3. The van der Waals surface area contributed by atoms with Gasteiger partial charge in [0.2, 0.25) is 0 Å². The molecular weight excluding hydrogens is 290 g/mol. The minimum Gasteiger partial charge on any atom is -0.480 e. The van der Waals surface area contributed by atoms with E-state index in [1.165, 1.54) is 0 Å². The fraction of sp³-hybridized carbons (Fsp3) is 0.800. The van der Waals surface area contributed by atoms with Gasteiger partial charge in [-0.1, -0.05) is 6.42 Å². The summed E-state index contributed by atoms with van der Waals surface area (Å²) in [5.41, 5.74) is -0.740. The van der Waals surface area contributed by atoms with Gasteiger partial charge in [0.05, 0.1) is 6.42 Å². The lowest BCUT2D eigenvalue weighted by Crippen LogP contribution is -2.45. The fourth-order valence-electron chi connectivity index (χ4n) is 2.23. The van der Waals surface area contributed by atoms with Crippen LogP contribution in [0.2, 0.25) is 0 Å². The smallest absolute Gasteiger partial charge is 0.408 e. The molecule has 0 radical (unpaired) electrons. The molecule has 1 fully saturated rings. The van der Waals surface area contributed by atoms with E-state index in [1.807, 2.05) is 0 Å². The molecule has 1 aliphatic rings. The fourth-order valence-corrected chi connectivity index (χ4v) is 2.23. The van der Waals surface area contributed by atoms with E-state index in [0.29, 0.717) is 0 Å². The van der Waals surface area contributed by atoms with Crippen molar-refractivity contribution in [3.63, 3.8) is 0 Å². The molecule has 0 aromatic rings. The predicted molar refractivity (Wildman–Crippen MR) is 78.4 cm³/mol. The topological polar surface area (TPSA) is 102 Å². The van der Waals surface area contributed by atoms with E-state index in [0.717, 1.165) is 32.1 Å². The number of hydrogen-bond acceptors (Lipinski definition) is 5. The maximum absolute atomic E-state index is 11.8. The summed E-state index contributed by atoms with van der Waals surface area (Å²) in [7, 11) is 0. The minimum absolute atomic E-state index is 0.141. The third-order valence-corrected chi connectivity index (χ3v) is 3.21. The van der Waals surface area contributed by atoms with E-state index >= 15 is 0 Å². The van der Waals surface area contributed by atoms with Crippen LogP contribution >= 0.6 is 0 Å². The third kappa shape index (κ3) is 7.28. The monoisotopic (exact) mass is 315 g/mol. The lowest BCUT2D eigenvalue weighted by atomic mass is 9.98. The van der Waals surface area contributed by atoms with E-state index in [2.05, 4.69) is 5.32 Å². The van der Waals surface area contributed by atoms with Crippen LogP contribution in [-0.4, -0.2) is 40.9 Å². The zero-order valence-corrected chi connectivity index (χ0v) is 13.4. The van der Waals surface area contributed by atoms with Gasteiger partial charge < -0.3 is 19.9 Å². The van der Waals surface area contributed by atoms with Crippen LogP contribution in [0, 0.1) is 0 Å². The first-order valence-corrected chi connectivity index (χ1v) is 7.59. The quantitative estimate of drug-likeness (QED) is 0.754. The van der Waals surface area contributed by atoms with Gasteiger partial charge in [-0.3, -0.25) is 4.79 Å². The second-order valence-electron chi connectivity index (χ2n) is 6.49. The van der Waals surface area contributed by atoms with Gasteiger partial charge in [-0.05, 0) is 46.5 Å². The highest BCUT2D eigenvalue weighted by atomic mass is 16.6. The molecule has 0 saturated heterocycles. The van der Waals surface area contributed by atoms with E-state index in [-0.39, 0.29) is 6.10 Å². The highest BCUT2D eigenvalue weighted by Crippen LogP contribution is 2.20. The Labute approximate surface area is 130 Å². The zero-order valence-electron chi connectivity index (χ0n) is 13.4. The molecule has 1 amide bonds. The van der Waals surface area contributed by atoms with Crippen LogP contribution in [-0.2, 0) is 19.1 Å². The summed E-state index contributed by atoms with van der Waals surface area (Å²) in [4.78, 5) is 34.6. The van der Waals surface area contributed by atoms with Crippen molar-refractivity contribution < 1.29 is 29.0 Å². The second kappa shape index (κ2) is 8.00. The predicted octanol–water partition coefficient (Wildman–Crippen LogP) is 2.23.